The second-order valence-electron chi connectivity index (χ2n) is 3.44. The highest BCUT2D eigenvalue weighted by Crippen LogP contribution is 2.14. The molecule has 0 aliphatic carbocycles. The summed E-state index contributed by atoms with van der Waals surface area (Å²) in [6, 6.07) is 8.42. The van der Waals surface area contributed by atoms with Gasteiger partial charge in [0.2, 0.25) is 0 Å². The third kappa shape index (κ3) is 3.38. The summed E-state index contributed by atoms with van der Waals surface area (Å²) in [7, 11) is 0. The molecule has 0 radical (unpaired) electrons. The molecule has 0 aromatic heterocycles. The van der Waals surface area contributed by atoms with E-state index >= 15 is 0 Å². The summed E-state index contributed by atoms with van der Waals surface area (Å²) < 4.78 is 5.25. The number of ether oxygens (including phenoxy) is 1. The van der Waals surface area contributed by atoms with E-state index in [4.69, 9.17) is 26.7 Å². The Morgan fingerprint density at radius 3 is 2.44 bits per heavy atom. The minimum absolute atomic E-state index is 0.0983. The monoisotopic (exact) mass is 241 g/mol. The molecule has 0 bridgehead atoms. The van der Waals surface area contributed by atoms with E-state index < -0.39 is 12.2 Å². The Bertz CT molecular complexity index is 368. The summed E-state index contributed by atoms with van der Waals surface area (Å²) in [5.41, 5.74) is -0.905. The van der Waals surface area contributed by atoms with Crippen molar-refractivity contribution in [1.29, 1.82) is 5.26 Å². The van der Waals surface area contributed by atoms with Gasteiger partial charge in [-0.15, -0.1) is 11.6 Å². The fourth-order valence-corrected chi connectivity index (χ4v) is 1.13. The van der Waals surface area contributed by atoms with E-state index in [0.717, 1.165) is 0 Å². The van der Waals surface area contributed by atoms with Gasteiger partial charge in [0, 0.05) is 0 Å². The first kappa shape index (κ1) is 12.8. The number of aliphatic hydroxyl groups is 2. The highest BCUT2D eigenvalue weighted by Gasteiger charge is 2.25. The van der Waals surface area contributed by atoms with Crippen LogP contribution < -0.4 is 4.74 Å². The van der Waals surface area contributed by atoms with Gasteiger partial charge in [-0.2, -0.15) is 5.26 Å². The summed E-state index contributed by atoms with van der Waals surface area (Å²) >= 11 is 5.49. The lowest BCUT2D eigenvalue weighted by atomic mass is 10.1. The van der Waals surface area contributed by atoms with Gasteiger partial charge < -0.3 is 14.9 Å². The van der Waals surface area contributed by atoms with Crippen molar-refractivity contribution in [1.82, 2.24) is 0 Å². The average Bonchev–Trinajstić information content (AvgIpc) is 2.36. The molecule has 1 aromatic rings. The number of hydrogen-bond acceptors (Lipinski definition) is 4. The normalized spacial score (nSPS) is 13.9. The lowest BCUT2D eigenvalue weighted by Gasteiger charge is -2.22. The van der Waals surface area contributed by atoms with E-state index in [-0.39, 0.29) is 12.5 Å². The second-order valence-corrected chi connectivity index (χ2v) is 3.71. The van der Waals surface area contributed by atoms with Crippen LogP contribution in [0.15, 0.2) is 24.3 Å². The summed E-state index contributed by atoms with van der Waals surface area (Å²) in [5, 5.41) is 27.1. The smallest absolute Gasteiger partial charge is 0.135 e. The molecule has 0 saturated heterocycles. The van der Waals surface area contributed by atoms with Crippen molar-refractivity contribution >= 4 is 11.6 Å². The maximum atomic E-state index is 9.63. The molecule has 1 atom stereocenters. The highest BCUT2D eigenvalue weighted by atomic mass is 35.5. The van der Waals surface area contributed by atoms with Crippen LogP contribution in [0, 0.1) is 11.3 Å². The van der Waals surface area contributed by atoms with E-state index in [1.807, 2.05) is 6.07 Å². The number of rotatable bonds is 5. The molecule has 0 aliphatic heterocycles. The third-order valence-corrected chi connectivity index (χ3v) is 2.53. The number of nitrogens with zero attached hydrogens (tertiary/aromatic N) is 1. The molecule has 5 heteroatoms. The summed E-state index contributed by atoms with van der Waals surface area (Å²) in [5.74, 6) is 0.399. The lowest BCUT2D eigenvalue weighted by molar-refractivity contribution is -0.0296. The van der Waals surface area contributed by atoms with Crippen molar-refractivity contribution in [2.45, 2.75) is 5.60 Å². The van der Waals surface area contributed by atoms with Crippen LogP contribution in [0.2, 0.25) is 0 Å². The van der Waals surface area contributed by atoms with Crippen molar-refractivity contribution < 1.29 is 14.9 Å². The molecule has 1 unspecified atom stereocenters. The molecule has 0 aliphatic rings. The van der Waals surface area contributed by atoms with Crippen LogP contribution in [-0.2, 0) is 0 Å². The number of halogens is 1. The molecular formula is C11H12ClNO3. The van der Waals surface area contributed by atoms with Crippen LogP contribution in [0.1, 0.15) is 5.56 Å². The molecule has 86 valence electrons. The van der Waals surface area contributed by atoms with E-state index in [2.05, 4.69) is 0 Å². The number of alkyl halides is 1. The predicted octanol–water partition coefficient (Wildman–Crippen LogP) is 0.899. The summed E-state index contributed by atoms with van der Waals surface area (Å²) in [4.78, 5) is 0. The van der Waals surface area contributed by atoms with Gasteiger partial charge in [-0.3, -0.25) is 0 Å². The van der Waals surface area contributed by atoms with Gasteiger partial charge in [-0.05, 0) is 24.3 Å². The van der Waals surface area contributed by atoms with E-state index in [1.165, 1.54) is 0 Å². The maximum absolute atomic E-state index is 9.63. The van der Waals surface area contributed by atoms with Crippen molar-refractivity contribution in [3.05, 3.63) is 29.8 Å². The first-order valence-corrected chi connectivity index (χ1v) is 5.19. The van der Waals surface area contributed by atoms with E-state index in [9.17, 15) is 5.11 Å². The van der Waals surface area contributed by atoms with Crippen molar-refractivity contribution in [2.75, 3.05) is 19.1 Å². The number of benzene rings is 1. The first-order valence-electron chi connectivity index (χ1n) is 4.66. The fraction of sp³-hybridized carbons (Fsp3) is 0.364. The van der Waals surface area contributed by atoms with Gasteiger partial charge in [0.1, 0.15) is 18.0 Å². The minimum atomic E-state index is -1.44. The van der Waals surface area contributed by atoms with Gasteiger partial charge in [0.25, 0.3) is 0 Å². The van der Waals surface area contributed by atoms with E-state index in [0.29, 0.717) is 11.3 Å². The Labute approximate surface area is 98.7 Å². The molecular weight excluding hydrogens is 230 g/mol. The zero-order valence-corrected chi connectivity index (χ0v) is 9.31. The molecule has 0 spiro atoms. The van der Waals surface area contributed by atoms with Crippen molar-refractivity contribution in [2.24, 2.45) is 0 Å². The zero-order chi connectivity index (χ0) is 12.0. The van der Waals surface area contributed by atoms with Crippen LogP contribution in [0.25, 0.3) is 0 Å². The largest absolute Gasteiger partial charge is 0.490 e. The van der Waals surface area contributed by atoms with Crippen LogP contribution in [0.3, 0.4) is 0 Å². The molecule has 0 amide bonds. The predicted molar refractivity (Wildman–Crippen MR) is 59.4 cm³/mol. The summed E-state index contributed by atoms with van der Waals surface area (Å²) in [6.45, 7) is -0.564. The van der Waals surface area contributed by atoms with Crippen LogP contribution >= 0.6 is 11.6 Å². The molecule has 0 saturated carbocycles. The van der Waals surface area contributed by atoms with Crippen molar-refractivity contribution in [3.8, 4) is 11.8 Å². The van der Waals surface area contributed by atoms with Crippen LogP contribution in [0.4, 0.5) is 0 Å². The molecule has 1 rings (SSSR count). The zero-order valence-electron chi connectivity index (χ0n) is 8.56. The summed E-state index contributed by atoms with van der Waals surface area (Å²) in [6.07, 6.45) is 0. The quantitative estimate of drug-likeness (QED) is 0.752. The molecule has 0 heterocycles. The molecule has 1 aromatic carbocycles. The van der Waals surface area contributed by atoms with Crippen LogP contribution in [0.5, 0.6) is 5.75 Å². The molecule has 16 heavy (non-hydrogen) atoms. The maximum Gasteiger partial charge on any atom is 0.135 e. The standard InChI is InChI=1S/C11H12ClNO3/c12-6-11(15,7-14)8-16-10-3-1-9(5-13)2-4-10/h1-4,14-15H,6-8H2. The minimum Gasteiger partial charge on any atom is -0.490 e. The van der Waals surface area contributed by atoms with Gasteiger partial charge in [0.05, 0.1) is 24.1 Å². The van der Waals surface area contributed by atoms with Gasteiger partial charge >= 0.3 is 0 Å². The number of nitriles is 1. The Balaban J connectivity index is 2.58. The molecule has 4 nitrogen and oxygen atoms in total. The van der Waals surface area contributed by atoms with Gasteiger partial charge in [-0.1, -0.05) is 0 Å². The average molecular weight is 242 g/mol. The van der Waals surface area contributed by atoms with Crippen molar-refractivity contribution in [3.63, 3.8) is 0 Å². The third-order valence-electron chi connectivity index (χ3n) is 2.03. The SMILES string of the molecule is N#Cc1ccc(OCC(O)(CO)CCl)cc1. The van der Waals surface area contributed by atoms with Crippen LogP contribution in [-0.4, -0.2) is 34.9 Å². The molecule has 0 fully saturated rings. The lowest BCUT2D eigenvalue weighted by Crippen LogP contribution is -2.41. The number of aliphatic hydroxyl groups excluding tert-OH is 1. The van der Waals surface area contributed by atoms with Gasteiger partial charge in [0.15, 0.2) is 0 Å². The Morgan fingerprint density at radius 2 is 2.00 bits per heavy atom. The highest BCUT2D eigenvalue weighted by molar-refractivity contribution is 6.18. The molecule has 2 N–H and O–H groups in total. The van der Waals surface area contributed by atoms with E-state index in [1.54, 1.807) is 24.3 Å². The topological polar surface area (TPSA) is 73.5 Å². The first-order chi connectivity index (χ1) is 7.63. The fourth-order valence-electron chi connectivity index (χ4n) is 0.970. The number of hydrogen-bond donors (Lipinski definition) is 2. The Hall–Kier alpha value is -1.28. The Morgan fingerprint density at radius 1 is 1.38 bits per heavy atom. The van der Waals surface area contributed by atoms with Gasteiger partial charge in [-0.25, -0.2) is 0 Å². The Kier molecular flexibility index (Phi) is 4.56. The second kappa shape index (κ2) is 5.71.